The molecule has 4 rings (SSSR count). The Morgan fingerprint density at radius 2 is 1.59 bits per heavy atom. The fourth-order valence-corrected chi connectivity index (χ4v) is 3.48. The number of para-hydroxylation sites is 2. The van der Waals surface area contributed by atoms with E-state index in [1.54, 1.807) is 6.08 Å². The molecular formula is C25H22N2. The van der Waals surface area contributed by atoms with Crippen molar-refractivity contribution in [3.05, 3.63) is 110 Å². The van der Waals surface area contributed by atoms with E-state index in [-0.39, 0.29) is 0 Å². The van der Waals surface area contributed by atoms with Gasteiger partial charge in [0, 0.05) is 34.9 Å². The highest BCUT2D eigenvalue weighted by atomic mass is 15.1. The molecule has 0 amide bonds. The van der Waals surface area contributed by atoms with E-state index in [4.69, 9.17) is 0 Å². The molecule has 2 nitrogen and oxygen atoms in total. The minimum absolute atomic E-state index is 0.918. The summed E-state index contributed by atoms with van der Waals surface area (Å²) in [5, 5.41) is 2.48. The van der Waals surface area contributed by atoms with Crippen LogP contribution in [0.1, 0.15) is 0 Å². The van der Waals surface area contributed by atoms with Crippen LogP contribution in [0.25, 0.3) is 27.5 Å². The highest BCUT2D eigenvalue weighted by Crippen LogP contribution is 2.34. The summed E-state index contributed by atoms with van der Waals surface area (Å²) >= 11 is 0. The molecule has 0 saturated carbocycles. The van der Waals surface area contributed by atoms with Gasteiger partial charge in [0.25, 0.3) is 0 Å². The maximum absolute atomic E-state index is 4.15. The Balaban J connectivity index is 1.93. The minimum Gasteiger partial charge on any atom is -0.345 e. The lowest BCUT2D eigenvalue weighted by Gasteiger charge is -2.20. The molecule has 0 atom stereocenters. The van der Waals surface area contributed by atoms with Crippen molar-refractivity contribution >= 4 is 27.5 Å². The summed E-state index contributed by atoms with van der Waals surface area (Å²) in [6, 6.07) is 25.6. The van der Waals surface area contributed by atoms with Crippen LogP contribution >= 0.6 is 0 Å². The molecule has 4 aromatic rings. The Hall–Kier alpha value is -3.52. The third-order valence-corrected chi connectivity index (χ3v) is 4.91. The second kappa shape index (κ2) is 7.00. The molecule has 3 aromatic carbocycles. The molecule has 0 aliphatic heterocycles. The molecule has 1 heterocycles. The lowest BCUT2D eigenvalue weighted by Crippen LogP contribution is -2.13. The van der Waals surface area contributed by atoms with E-state index in [9.17, 15) is 0 Å². The van der Waals surface area contributed by atoms with Gasteiger partial charge < -0.3 is 9.47 Å². The molecule has 0 fully saturated rings. The van der Waals surface area contributed by atoms with Gasteiger partial charge in [0.15, 0.2) is 0 Å². The van der Waals surface area contributed by atoms with Gasteiger partial charge in [-0.05, 0) is 42.5 Å². The SMILES string of the molecule is C=C/C=C\C(=C)N(C)c1ccc2c(c1)c1ccccc1n2-c1ccccc1. The fourth-order valence-electron chi connectivity index (χ4n) is 3.48. The highest BCUT2D eigenvalue weighted by Gasteiger charge is 2.13. The highest BCUT2D eigenvalue weighted by molar-refractivity contribution is 6.10. The summed E-state index contributed by atoms with van der Waals surface area (Å²) in [5.41, 5.74) is 5.61. The van der Waals surface area contributed by atoms with Crippen molar-refractivity contribution in [3.8, 4) is 5.69 Å². The van der Waals surface area contributed by atoms with Crippen molar-refractivity contribution in [1.82, 2.24) is 4.57 Å². The van der Waals surface area contributed by atoms with Crippen molar-refractivity contribution < 1.29 is 0 Å². The van der Waals surface area contributed by atoms with Crippen LogP contribution in [0.2, 0.25) is 0 Å². The first-order valence-corrected chi connectivity index (χ1v) is 9.01. The number of nitrogens with zero attached hydrogens (tertiary/aromatic N) is 2. The molecule has 132 valence electrons. The molecule has 2 heteroatoms. The fraction of sp³-hybridized carbons (Fsp3) is 0.0400. The van der Waals surface area contributed by atoms with Gasteiger partial charge in [0.2, 0.25) is 0 Å². The molecule has 27 heavy (non-hydrogen) atoms. The van der Waals surface area contributed by atoms with Crippen molar-refractivity contribution in [2.24, 2.45) is 0 Å². The van der Waals surface area contributed by atoms with Crippen molar-refractivity contribution in [2.45, 2.75) is 0 Å². The summed E-state index contributed by atoms with van der Waals surface area (Å²) in [6.45, 7) is 7.87. The van der Waals surface area contributed by atoms with Crippen molar-refractivity contribution in [2.75, 3.05) is 11.9 Å². The second-order valence-corrected chi connectivity index (χ2v) is 6.53. The molecule has 0 unspecified atom stereocenters. The van der Waals surface area contributed by atoms with E-state index in [2.05, 4.69) is 89.4 Å². The minimum atomic E-state index is 0.918. The molecule has 0 spiro atoms. The Kier molecular flexibility index (Phi) is 4.39. The maximum Gasteiger partial charge on any atom is 0.0542 e. The summed E-state index contributed by atoms with van der Waals surface area (Å²) in [4.78, 5) is 2.09. The molecule has 1 aromatic heterocycles. The number of anilines is 1. The van der Waals surface area contributed by atoms with Crippen molar-refractivity contribution in [1.29, 1.82) is 0 Å². The predicted octanol–water partition coefficient (Wildman–Crippen LogP) is 6.48. The number of benzene rings is 3. The Bertz CT molecular complexity index is 1160. The van der Waals surface area contributed by atoms with Gasteiger partial charge in [-0.25, -0.2) is 0 Å². The van der Waals surface area contributed by atoms with Crippen LogP contribution in [0.5, 0.6) is 0 Å². The normalized spacial score (nSPS) is 11.3. The van der Waals surface area contributed by atoms with Crippen LogP contribution in [-0.2, 0) is 0 Å². The number of hydrogen-bond donors (Lipinski definition) is 0. The third-order valence-electron chi connectivity index (χ3n) is 4.91. The molecule has 0 bridgehead atoms. The quantitative estimate of drug-likeness (QED) is 0.374. The number of hydrogen-bond acceptors (Lipinski definition) is 1. The summed E-state index contributed by atoms with van der Waals surface area (Å²) < 4.78 is 2.32. The first kappa shape index (κ1) is 16.9. The van der Waals surface area contributed by atoms with Gasteiger partial charge in [-0.15, -0.1) is 0 Å². The molecule has 0 aliphatic rings. The average Bonchev–Trinajstić information content (AvgIpc) is 3.05. The molecule has 0 saturated heterocycles. The number of fused-ring (bicyclic) bond motifs is 3. The zero-order valence-corrected chi connectivity index (χ0v) is 15.5. The first-order chi connectivity index (χ1) is 13.2. The van der Waals surface area contributed by atoms with E-state index in [0.29, 0.717) is 0 Å². The van der Waals surface area contributed by atoms with Gasteiger partial charge in [-0.2, -0.15) is 0 Å². The Morgan fingerprint density at radius 3 is 2.37 bits per heavy atom. The van der Waals surface area contributed by atoms with Crippen LogP contribution < -0.4 is 4.90 Å². The van der Waals surface area contributed by atoms with Crippen LogP contribution in [0.15, 0.2) is 110 Å². The smallest absolute Gasteiger partial charge is 0.0542 e. The van der Waals surface area contributed by atoms with Crippen LogP contribution in [0.4, 0.5) is 5.69 Å². The Morgan fingerprint density at radius 1 is 0.889 bits per heavy atom. The third kappa shape index (κ3) is 2.96. The number of aromatic nitrogens is 1. The van der Waals surface area contributed by atoms with E-state index < -0.39 is 0 Å². The van der Waals surface area contributed by atoms with Crippen LogP contribution in [-0.4, -0.2) is 11.6 Å². The monoisotopic (exact) mass is 350 g/mol. The standard InChI is InChI=1S/C25H22N2/c1-4-5-11-19(2)26(3)21-16-17-25-23(18-21)22-14-9-10-15-24(22)27(25)20-12-7-6-8-13-20/h4-18H,1-2H2,3H3/b11-5-. The summed E-state index contributed by atoms with van der Waals surface area (Å²) in [7, 11) is 2.04. The van der Waals surface area contributed by atoms with E-state index in [1.807, 2.05) is 25.3 Å². The van der Waals surface area contributed by atoms with Gasteiger partial charge in [-0.3, -0.25) is 0 Å². The van der Waals surface area contributed by atoms with Gasteiger partial charge >= 0.3 is 0 Å². The first-order valence-electron chi connectivity index (χ1n) is 9.01. The van der Waals surface area contributed by atoms with Gasteiger partial charge in [0.05, 0.1) is 11.0 Å². The van der Waals surface area contributed by atoms with Crippen molar-refractivity contribution in [3.63, 3.8) is 0 Å². The lowest BCUT2D eigenvalue weighted by atomic mass is 10.1. The molecule has 0 N–H and O–H groups in total. The lowest BCUT2D eigenvalue weighted by molar-refractivity contribution is 1.14. The summed E-state index contributed by atoms with van der Waals surface area (Å²) in [6.07, 6.45) is 5.62. The summed E-state index contributed by atoms with van der Waals surface area (Å²) in [5.74, 6) is 0. The zero-order valence-electron chi connectivity index (χ0n) is 15.5. The van der Waals surface area contributed by atoms with Crippen LogP contribution in [0.3, 0.4) is 0 Å². The zero-order chi connectivity index (χ0) is 18.8. The topological polar surface area (TPSA) is 8.17 Å². The van der Waals surface area contributed by atoms with Gasteiger partial charge in [0.1, 0.15) is 0 Å². The predicted molar refractivity (Wildman–Crippen MR) is 118 cm³/mol. The average molecular weight is 350 g/mol. The molecule has 0 radical (unpaired) electrons. The van der Waals surface area contributed by atoms with E-state index >= 15 is 0 Å². The number of likely N-dealkylation sites (N-methyl/N-ethyl adjacent to an activating group) is 1. The maximum atomic E-state index is 4.15. The second-order valence-electron chi connectivity index (χ2n) is 6.53. The van der Waals surface area contributed by atoms with Crippen LogP contribution in [0, 0.1) is 0 Å². The van der Waals surface area contributed by atoms with E-state index in [1.165, 1.54) is 27.5 Å². The van der Waals surface area contributed by atoms with E-state index in [0.717, 1.165) is 11.4 Å². The van der Waals surface area contributed by atoms with Gasteiger partial charge in [-0.1, -0.05) is 61.7 Å². The largest absolute Gasteiger partial charge is 0.345 e. The molecular weight excluding hydrogens is 328 g/mol. The Labute approximate surface area is 160 Å². The molecule has 0 aliphatic carbocycles. The number of rotatable bonds is 5. The number of allylic oxidation sites excluding steroid dienone is 3.